The molecule has 0 aliphatic carbocycles. The summed E-state index contributed by atoms with van der Waals surface area (Å²) in [6.45, 7) is 4.93. The largest absolute Gasteiger partial charge is 0.489 e. The average molecular weight is 352 g/mol. The summed E-state index contributed by atoms with van der Waals surface area (Å²) in [5.41, 5.74) is 8.49. The first-order valence-electron chi connectivity index (χ1n) is 6.91. The van der Waals surface area contributed by atoms with Crippen LogP contribution in [-0.2, 0) is 13.2 Å². The van der Waals surface area contributed by atoms with Crippen LogP contribution in [-0.4, -0.2) is 0 Å². The van der Waals surface area contributed by atoms with Crippen molar-refractivity contribution in [1.29, 1.82) is 0 Å². The van der Waals surface area contributed by atoms with Crippen LogP contribution in [0.2, 0.25) is 0 Å². The molecule has 21 heavy (non-hydrogen) atoms. The Balaban J connectivity index is 2.20. The van der Waals surface area contributed by atoms with Gasteiger partial charge in [-0.1, -0.05) is 35.8 Å². The lowest BCUT2D eigenvalue weighted by Gasteiger charge is -2.16. The van der Waals surface area contributed by atoms with Crippen LogP contribution in [0.4, 0.5) is 4.39 Å². The standard InChI is InChI=1S/C17H19BrFNO/c1-11(2)16-8-14(18)4-6-17(16)21-10-12-3-5-15(19)7-13(12)9-20/h3-8,11H,9-10,20H2,1-2H3. The second-order valence-electron chi connectivity index (χ2n) is 5.24. The molecule has 0 radical (unpaired) electrons. The number of hydrogen-bond donors (Lipinski definition) is 1. The van der Waals surface area contributed by atoms with Gasteiger partial charge < -0.3 is 10.5 Å². The van der Waals surface area contributed by atoms with Gasteiger partial charge in [0.05, 0.1) is 0 Å². The Bertz CT molecular complexity index is 628. The maximum Gasteiger partial charge on any atom is 0.123 e. The molecule has 0 amide bonds. The lowest BCUT2D eigenvalue weighted by molar-refractivity contribution is 0.300. The molecule has 0 heterocycles. The van der Waals surface area contributed by atoms with Gasteiger partial charge in [-0.15, -0.1) is 0 Å². The number of benzene rings is 2. The molecule has 2 N–H and O–H groups in total. The SMILES string of the molecule is CC(C)c1cc(Br)ccc1OCc1ccc(F)cc1CN. The van der Waals surface area contributed by atoms with Crippen molar-refractivity contribution in [2.45, 2.75) is 32.9 Å². The van der Waals surface area contributed by atoms with Gasteiger partial charge in [0.1, 0.15) is 18.2 Å². The molecule has 0 aromatic heterocycles. The maximum absolute atomic E-state index is 13.2. The van der Waals surface area contributed by atoms with Gasteiger partial charge in [0.25, 0.3) is 0 Å². The van der Waals surface area contributed by atoms with Crippen LogP contribution < -0.4 is 10.5 Å². The minimum absolute atomic E-state index is 0.272. The van der Waals surface area contributed by atoms with E-state index < -0.39 is 0 Å². The van der Waals surface area contributed by atoms with Crippen molar-refractivity contribution in [3.63, 3.8) is 0 Å². The molecule has 0 unspecified atom stereocenters. The van der Waals surface area contributed by atoms with Crippen LogP contribution in [0.5, 0.6) is 5.75 Å². The van der Waals surface area contributed by atoms with Crippen LogP contribution >= 0.6 is 15.9 Å². The highest BCUT2D eigenvalue weighted by Gasteiger charge is 2.10. The molecular formula is C17H19BrFNO. The molecule has 112 valence electrons. The summed E-state index contributed by atoms with van der Waals surface area (Å²) >= 11 is 3.48. The Morgan fingerprint density at radius 3 is 2.57 bits per heavy atom. The molecule has 0 saturated heterocycles. The Labute approximate surface area is 133 Å². The van der Waals surface area contributed by atoms with Crippen molar-refractivity contribution in [2.75, 3.05) is 0 Å². The molecule has 0 aliphatic rings. The summed E-state index contributed by atoms with van der Waals surface area (Å²) in [5, 5.41) is 0. The summed E-state index contributed by atoms with van der Waals surface area (Å²) in [7, 11) is 0. The fourth-order valence-corrected chi connectivity index (χ4v) is 2.56. The molecule has 2 nitrogen and oxygen atoms in total. The third-order valence-corrected chi connectivity index (χ3v) is 3.86. The first-order valence-corrected chi connectivity index (χ1v) is 7.70. The van der Waals surface area contributed by atoms with E-state index in [1.54, 1.807) is 6.07 Å². The predicted molar refractivity (Wildman–Crippen MR) is 86.9 cm³/mol. The molecule has 0 aliphatic heterocycles. The van der Waals surface area contributed by atoms with Crippen molar-refractivity contribution in [1.82, 2.24) is 0 Å². The van der Waals surface area contributed by atoms with Gasteiger partial charge in [-0.05, 0) is 52.9 Å². The van der Waals surface area contributed by atoms with Gasteiger partial charge in [-0.2, -0.15) is 0 Å². The summed E-state index contributed by atoms with van der Waals surface area (Å²) < 4.78 is 20.2. The third kappa shape index (κ3) is 4.05. The zero-order chi connectivity index (χ0) is 15.4. The molecule has 0 saturated carbocycles. The van der Waals surface area contributed by atoms with E-state index in [0.717, 1.165) is 26.9 Å². The van der Waals surface area contributed by atoms with E-state index >= 15 is 0 Å². The lowest BCUT2D eigenvalue weighted by atomic mass is 10.0. The van der Waals surface area contributed by atoms with Crippen molar-refractivity contribution >= 4 is 15.9 Å². The smallest absolute Gasteiger partial charge is 0.123 e. The first kappa shape index (κ1) is 16.0. The molecule has 4 heteroatoms. The number of rotatable bonds is 5. The van der Waals surface area contributed by atoms with Gasteiger partial charge in [-0.25, -0.2) is 4.39 Å². The fourth-order valence-electron chi connectivity index (χ4n) is 2.18. The molecule has 0 fully saturated rings. The van der Waals surface area contributed by atoms with Crippen molar-refractivity contribution in [3.8, 4) is 5.75 Å². The molecule has 0 atom stereocenters. The van der Waals surface area contributed by atoms with E-state index in [0.29, 0.717) is 19.1 Å². The minimum Gasteiger partial charge on any atom is -0.489 e. The Morgan fingerprint density at radius 2 is 1.90 bits per heavy atom. The van der Waals surface area contributed by atoms with Crippen LogP contribution in [0.1, 0.15) is 36.5 Å². The van der Waals surface area contributed by atoms with E-state index in [1.807, 2.05) is 12.1 Å². The molecule has 2 rings (SSSR count). The van der Waals surface area contributed by atoms with E-state index in [9.17, 15) is 4.39 Å². The quantitative estimate of drug-likeness (QED) is 0.843. The average Bonchev–Trinajstić information content (AvgIpc) is 2.46. The van der Waals surface area contributed by atoms with Crippen molar-refractivity contribution < 1.29 is 9.13 Å². The van der Waals surface area contributed by atoms with E-state index in [-0.39, 0.29) is 5.82 Å². The molecule has 0 bridgehead atoms. The molecular weight excluding hydrogens is 333 g/mol. The second-order valence-corrected chi connectivity index (χ2v) is 6.16. The summed E-state index contributed by atoms with van der Waals surface area (Å²) in [4.78, 5) is 0. The van der Waals surface area contributed by atoms with Crippen LogP contribution in [0.25, 0.3) is 0 Å². The predicted octanol–water partition coefficient (Wildman–Crippen LogP) is 4.75. The van der Waals surface area contributed by atoms with E-state index in [2.05, 4.69) is 35.8 Å². The Kier molecular flexibility index (Phi) is 5.37. The van der Waals surface area contributed by atoms with Gasteiger partial charge in [0.2, 0.25) is 0 Å². The maximum atomic E-state index is 13.2. The zero-order valence-corrected chi connectivity index (χ0v) is 13.8. The van der Waals surface area contributed by atoms with Gasteiger partial charge in [-0.3, -0.25) is 0 Å². The number of hydrogen-bond acceptors (Lipinski definition) is 2. The topological polar surface area (TPSA) is 35.2 Å². The fraction of sp³-hybridized carbons (Fsp3) is 0.294. The van der Waals surface area contributed by atoms with E-state index in [4.69, 9.17) is 10.5 Å². The summed E-state index contributed by atoms with van der Waals surface area (Å²) in [6, 6.07) is 10.6. The lowest BCUT2D eigenvalue weighted by Crippen LogP contribution is -2.06. The highest BCUT2D eigenvalue weighted by Crippen LogP contribution is 2.30. The molecule has 2 aromatic rings. The second kappa shape index (κ2) is 7.05. The first-order chi connectivity index (χ1) is 10.0. The van der Waals surface area contributed by atoms with Crippen molar-refractivity contribution in [3.05, 3.63) is 63.4 Å². The molecule has 2 aromatic carbocycles. The monoisotopic (exact) mass is 351 g/mol. The Morgan fingerprint density at radius 1 is 1.14 bits per heavy atom. The highest BCUT2D eigenvalue weighted by atomic mass is 79.9. The number of halogens is 2. The number of ether oxygens (including phenoxy) is 1. The van der Waals surface area contributed by atoms with Crippen LogP contribution in [0, 0.1) is 5.82 Å². The van der Waals surface area contributed by atoms with Crippen molar-refractivity contribution in [2.24, 2.45) is 5.73 Å². The van der Waals surface area contributed by atoms with Gasteiger partial charge in [0, 0.05) is 11.0 Å². The highest BCUT2D eigenvalue weighted by molar-refractivity contribution is 9.10. The summed E-state index contributed by atoms with van der Waals surface area (Å²) in [5.74, 6) is 0.936. The molecule has 0 spiro atoms. The number of nitrogens with two attached hydrogens (primary N) is 1. The zero-order valence-electron chi connectivity index (χ0n) is 12.2. The normalized spacial score (nSPS) is 11.0. The third-order valence-electron chi connectivity index (χ3n) is 3.37. The van der Waals surface area contributed by atoms with Crippen LogP contribution in [0.15, 0.2) is 40.9 Å². The summed E-state index contributed by atoms with van der Waals surface area (Å²) in [6.07, 6.45) is 0. The minimum atomic E-state index is -0.272. The van der Waals surface area contributed by atoms with Crippen LogP contribution in [0.3, 0.4) is 0 Å². The van der Waals surface area contributed by atoms with Gasteiger partial charge >= 0.3 is 0 Å². The van der Waals surface area contributed by atoms with Gasteiger partial charge in [0.15, 0.2) is 0 Å². The van der Waals surface area contributed by atoms with E-state index in [1.165, 1.54) is 12.1 Å². The Hall–Kier alpha value is -1.39.